The number of nitrogens with zero attached hydrogens (tertiary/aromatic N) is 2. The molecule has 0 radical (unpaired) electrons. The van der Waals surface area contributed by atoms with E-state index < -0.39 is 10.0 Å². The maximum Gasteiger partial charge on any atom is 0.238 e. The lowest BCUT2D eigenvalue weighted by molar-refractivity contribution is 0.598. The highest BCUT2D eigenvalue weighted by atomic mass is 32.2. The van der Waals surface area contributed by atoms with Gasteiger partial charge in [-0.25, -0.2) is 18.5 Å². The van der Waals surface area contributed by atoms with Crippen LogP contribution in [0.5, 0.6) is 0 Å². The van der Waals surface area contributed by atoms with Gasteiger partial charge in [0.2, 0.25) is 16.0 Å². The number of hydrogen-bond acceptors (Lipinski definition) is 6. The molecule has 140 valence electrons. The summed E-state index contributed by atoms with van der Waals surface area (Å²) < 4.78 is 22.9. The van der Waals surface area contributed by atoms with Crippen LogP contribution in [0.4, 0.5) is 17.5 Å². The molecule has 4 N–H and O–H groups in total. The Morgan fingerprint density at radius 3 is 2.59 bits per heavy atom. The minimum Gasteiger partial charge on any atom is -0.369 e. The Kier molecular flexibility index (Phi) is 5.68. The van der Waals surface area contributed by atoms with Crippen LogP contribution in [0.1, 0.15) is 18.4 Å². The van der Waals surface area contributed by atoms with Gasteiger partial charge in [0.15, 0.2) is 0 Å². The maximum atomic E-state index is 11.5. The molecule has 1 aromatic heterocycles. The summed E-state index contributed by atoms with van der Waals surface area (Å²) in [6.45, 7) is 2.86. The van der Waals surface area contributed by atoms with Crippen LogP contribution >= 0.6 is 0 Å². The second-order valence-electron chi connectivity index (χ2n) is 6.16. The van der Waals surface area contributed by atoms with E-state index in [0.717, 1.165) is 6.54 Å². The number of nitrogens with two attached hydrogens (primary N) is 1. The molecule has 2 aromatic carbocycles. The van der Waals surface area contributed by atoms with Gasteiger partial charge in [0, 0.05) is 18.4 Å². The van der Waals surface area contributed by atoms with Gasteiger partial charge in [0.25, 0.3) is 0 Å². The summed E-state index contributed by atoms with van der Waals surface area (Å²) in [6, 6.07) is 18.2. The van der Waals surface area contributed by atoms with Crippen molar-refractivity contribution < 1.29 is 8.42 Å². The summed E-state index contributed by atoms with van der Waals surface area (Å²) >= 11 is 0. The van der Waals surface area contributed by atoms with Crippen LogP contribution in [-0.2, 0) is 10.0 Å². The number of benzene rings is 2. The molecule has 0 fully saturated rings. The third-order valence-electron chi connectivity index (χ3n) is 4.03. The number of sulfonamides is 1. The molecule has 1 heterocycles. The van der Waals surface area contributed by atoms with E-state index >= 15 is 0 Å². The van der Waals surface area contributed by atoms with E-state index in [-0.39, 0.29) is 4.90 Å². The Hall–Kier alpha value is -2.97. The van der Waals surface area contributed by atoms with Gasteiger partial charge in [-0.3, -0.25) is 0 Å². The first-order valence-electron chi connectivity index (χ1n) is 8.43. The molecule has 0 spiro atoms. The SMILES string of the molecule is CC(CNc1ccnc(Nc2cccc(S(N)(=O)=O)c2)n1)c1ccccc1. The van der Waals surface area contributed by atoms with E-state index in [4.69, 9.17) is 5.14 Å². The van der Waals surface area contributed by atoms with Crippen molar-refractivity contribution in [2.45, 2.75) is 17.7 Å². The predicted octanol–water partition coefficient (Wildman–Crippen LogP) is 3.08. The van der Waals surface area contributed by atoms with Crippen molar-refractivity contribution in [1.29, 1.82) is 0 Å². The molecular formula is C19H21N5O2S. The molecule has 27 heavy (non-hydrogen) atoms. The van der Waals surface area contributed by atoms with Crippen molar-refractivity contribution in [3.8, 4) is 0 Å². The van der Waals surface area contributed by atoms with Crippen molar-refractivity contribution in [2.24, 2.45) is 5.14 Å². The lowest BCUT2D eigenvalue weighted by atomic mass is 10.0. The van der Waals surface area contributed by atoms with Gasteiger partial charge in [-0.05, 0) is 35.7 Å². The van der Waals surface area contributed by atoms with Crippen LogP contribution in [0, 0.1) is 0 Å². The summed E-state index contributed by atoms with van der Waals surface area (Å²) in [6.07, 6.45) is 1.63. The smallest absolute Gasteiger partial charge is 0.238 e. The van der Waals surface area contributed by atoms with Gasteiger partial charge >= 0.3 is 0 Å². The third-order valence-corrected chi connectivity index (χ3v) is 4.94. The van der Waals surface area contributed by atoms with E-state index in [0.29, 0.717) is 23.4 Å². The van der Waals surface area contributed by atoms with Crippen molar-refractivity contribution in [3.63, 3.8) is 0 Å². The summed E-state index contributed by atoms with van der Waals surface area (Å²) in [5.41, 5.74) is 1.79. The zero-order chi connectivity index (χ0) is 19.3. The minimum atomic E-state index is -3.76. The molecule has 0 aliphatic heterocycles. The number of nitrogens with one attached hydrogen (secondary N) is 2. The highest BCUT2D eigenvalue weighted by Crippen LogP contribution is 2.19. The molecule has 0 amide bonds. The summed E-state index contributed by atoms with van der Waals surface area (Å²) in [4.78, 5) is 8.61. The van der Waals surface area contributed by atoms with Gasteiger partial charge in [-0.15, -0.1) is 0 Å². The standard InChI is InChI=1S/C19H21N5O2S/c1-14(15-6-3-2-4-7-15)13-22-18-10-11-21-19(24-18)23-16-8-5-9-17(12-16)27(20,25)26/h2-12,14H,13H2,1H3,(H2,20,25,26)(H2,21,22,23,24). The number of aromatic nitrogens is 2. The fraction of sp³-hybridized carbons (Fsp3) is 0.158. The Morgan fingerprint density at radius 1 is 1.07 bits per heavy atom. The quantitative estimate of drug-likeness (QED) is 0.578. The largest absolute Gasteiger partial charge is 0.369 e. The monoisotopic (exact) mass is 383 g/mol. The van der Waals surface area contributed by atoms with Gasteiger partial charge in [-0.2, -0.15) is 4.98 Å². The topological polar surface area (TPSA) is 110 Å². The molecule has 0 aliphatic rings. The average Bonchev–Trinajstić information content (AvgIpc) is 2.67. The van der Waals surface area contributed by atoms with Gasteiger partial charge < -0.3 is 10.6 Å². The Labute approximate surface area is 158 Å². The Balaban J connectivity index is 1.67. The highest BCUT2D eigenvalue weighted by Gasteiger charge is 2.09. The van der Waals surface area contributed by atoms with E-state index in [1.165, 1.54) is 17.7 Å². The lowest BCUT2D eigenvalue weighted by Gasteiger charge is -2.14. The molecule has 3 aromatic rings. The molecule has 1 atom stereocenters. The molecule has 0 aliphatic carbocycles. The number of anilines is 3. The molecule has 3 rings (SSSR count). The number of hydrogen-bond donors (Lipinski definition) is 3. The second-order valence-corrected chi connectivity index (χ2v) is 7.72. The van der Waals surface area contributed by atoms with Gasteiger partial charge in [0.1, 0.15) is 5.82 Å². The summed E-state index contributed by atoms with van der Waals surface area (Å²) in [7, 11) is -3.76. The van der Waals surface area contributed by atoms with Crippen LogP contribution in [0.3, 0.4) is 0 Å². The molecule has 0 bridgehead atoms. The van der Waals surface area contributed by atoms with Crippen molar-refractivity contribution in [3.05, 3.63) is 72.4 Å². The van der Waals surface area contributed by atoms with Crippen LogP contribution in [0.15, 0.2) is 71.8 Å². The van der Waals surface area contributed by atoms with E-state index in [1.807, 2.05) is 18.2 Å². The fourth-order valence-electron chi connectivity index (χ4n) is 2.55. The number of primary sulfonamides is 1. The lowest BCUT2D eigenvalue weighted by Crippen LogP contribution is -2.12. The fourth-order valence-corrected chi connectivity index (χ4v) is 3.11. The molecule has 7 nitrogen and oxygen atoms in total. The van der Waals surface area contributed by atoms with Crippen molar-refractivity contribution in [2.75, 3.05) is 17.2 Å². The van der Waals surface area contributed by atoms with Crippen LogP contribution < -0.4 is 15.8 Å². The number of rotatable bonds is 7. The zero-order valence-electron chi connectivity index (χ0n) is 14.8. The maximum absolute atomic E-state index is 11.5. The summed E-state index contributed by atoms with van der Waals surface area (Å²) in [5, 5.41) is 11.5. The van der Waals surface area contributed by atoms with E-state index in [9.17, 15) is 8.42 Å². The predicted molar refractivity (Wildman–Crippen MR) is 106 cm³/mol. The first-order chi connectivity index (χ1) is 12.9. The normalized spacial score (nSPS) is 12.4. The van der Waals surface area contributed by atoms with Crippen LogP contribution in [-0.4, -0.2) is 24.9 Å². The molecule has 8 heteroatoms. The molecule has 1 unspecified atom stereocenters. The first-order valence-corrected chi connectivity index (χ1v) is 9.98. The third kappa shape index (κ3) is 5.25. The van der Waals surface area contributed by atoms with Crippen LogP contribution in [0.25, 0.3) is 0 Å². The average molecular weight is 383 g/mol. The van der Waals surface area contributed by atoms with Crippen molar-refractivity contribution in [1.82, 2.24) is 9.97 Å². The van der Waals surface area contributed by atoms with E-state index in [2.05, 4.69) is 39.7 Å². The molecular weight excluding hydrogens is 362 g/mol. The second kappa shape index (κ2) is 8.15. The Morgan fingerprint density at radius 2 is 1.85 bits per heavy atom. The van der Waals surface area contributed by atoms with Gasteiger partial charge in [-0.1, -0.05) is 43.3 Å². The van der Waals surface area contributed by atoms with E-state index in [1.54, 1.807) is 24.4 Å². The Bertz CT molecular complexity index is 1010. The van der Waals surface area contributed by atoms with Crippen molar-refractivity contribution >= 4 is 27.5 Å². The zero-order valence-corrected chi connectivity index (χ0v) is 15.6. The minimum absolute atomic E-state index is 0.0264. The van der Waals surface area contributed by atoms with Gasteiger partial charge in [0.05, 0.1) is 4.90 Å². The van der Waals surface area contributed by atoms with Crippen LogP contribution in [0.2, 0.25) is 0 Å². The first kappa shape index (κ1) is 18.8. The summed E-state index contributed by atoms with van der Waals surface area (Å²) in [5.74, 6) is 1.36. The molecule has 0 saturated carbocycles. The molecule has 0 saturated heterocycles. The highest BCUT2D eigenvalue weighted by molar-refractivity contribution is 7.89.